The van der Waals surface area contributed by atoms with Crippen LogP contribution in [0.3, 0.4) is 0 Å². The van der Waals surface area contributed by atoms with Crippen molar-refractivity contribution in [2.75, 3.05) is 19.8 Å². The topological polar surface area (TPSA) is 56.1 Å². The lowest BCUT2D eigenvalue weighted by Gasteiger charge is -2.10. The number of halogens is 1. The summed E-state index contributed by atoms with van der Waals surface area (Å²) in [5, 5.41) is 2.97. The van der Waals surface area contributed by atoms with Crippen molar-refractivity contribution in [3.63, 3.8) is 0 Å². The average molecular weight is 416 g/mol. The molecule has 0 aliphatic rings. The van der Waals surface area contributed by atoms with Gasteiger partial charge in [0.1, 0.15) is 5.82 Å². The van der Waals surface area contributed by atoms with Gasteiger partial charge in [-0.3, -0.25) is 4.79 Å². The molecule has 0 unspecified atom stereocenters. The average Bonchev–Trinajstić information content (AvgIpc) is 2.99. The van der Waals surface area contributed by atoms with Crippen LogP contribution in [0.4, 0.5) is 0 Å². The molecule has 1 N–H and O–H groups in total. The molecule has 136 valence electrons. The number of benzene rings is 2. The maximum absolute atomic E-state index is 12.3. The van der Waals surface area contributed by atoms with Gasteiger partial charge in [0, 0.05) is 36.2 Å². The highest BCUT2D eigenvalue weighted by Crippen LogP contribution is 2.16. The molecule has 0 saturated heterocycles. The van der Waals surface area contributed by atoms with Gasteiger partial charge in [0.25, 0.3) is 5.91 Å². The summed E-state index contributed by atoms with van der Waals surface area (Å²) >= 11 is 3.39. The largest absolute Gasteiger partial charge is 0.380 e. The molecule has 1 aromatic heterocycles. The number of nitrogens with one attached hydrogen (secondary N) is 1. The number of amides is 1. The third-order valence-corrected chi connectivity index (χ3v) is 4.61. The molecule has 0 aliphatic heterocycles. The van der Waals surface area contributed by atoms with E-state index in [0.29, 0.717) is 31.7 Å². The van der Waals surface area contributed by atoms with E-state index >= 15 is 0 Å². The van der Waals surface area contributed by atoms with Crippen LogP contribution in [-0.4, -0.2) is 35.2 Å². The Balaban J connectivity index is 1.68. The van der Waals surface area contributed by atoms with Gasteiger partial charge in [-0.15, -0.1) is 0 Å². The molecule has 0 fully saturated rings. The van der Waals surface area contributed by atoms with Crippen LogP contribution in [-0.2, 0) is 17.7 Å². The number of hydrogen-bond donors (Lipinski definition) is 1. The van der Waals surface area contributed by atoms with Crippen molar-refractivity contribution in [1.82, 2.24) is 14.9 Å². The van der Waals surface area contributed by atoms with Crippen LogP contribution in [0.15, 0.2) is 53.0 Å². The standard InChI is InChI=1S/C20H22BrN3O2/c1-2-26-13-12-24-18-9-4-3-8-17(18)23-19(24)10-11-22-20(25)15-6-5-7-16(21)14-15/h3-9,14H,2,10-13H2,1H3,(H,22,25). The van der Waals surface area contributed by atoms with Gasteiger partial charge in [0.15, 0.2) is 0 Å². The Bertz CT molecular complexity index is 892. The fourth-order valence-corrected chi connectivity index (χ4v) is 3.28. The second kappa shape index (κ2) is 8.96. The van der Waals surface area contributed by atoms with E-state index in [0.717, 1.165) is 27.9 Å². The summed E-state index contributed by atoms with van der Waals surface area (Å²) < 4.78 is 8.57. The first kappa shape index (κ1) is 18.6. The van der Waals surface area contributed by atoms with Crippen molar-refractivity contribution in [3.05, 3.63) is 64.4 Å². The van der Waals surface area contributed by atoms with Crippen molar-refractivity contribution < 1.29 is 9.53 Å². The molecule has 1 heterocycles. The van der Waals surface area contributed by atoms with E-state index in [1.807, 2.05) is 43.3 Å². The Labute approximate surface area is 161 Å². The van der Waals surface area contributed by atoms with Gasteiger partial charge in [-0.25, -0.2) is 4.98 Å². The molecule has 26 heavy (non-hydrogen) atoms. The van der Waals surface area contributed by atoms with Crippen LogP contribution in [0.1, 0.15) is 23.1 Å². The maximum atomic E-state index is 12.3. The Morgan fingerprint density at radius 3 is 2.88 bits per heavy atom. The molecule has 6 heteroatoms. The summed E-state index contributed by atoms with van der Waals surface area (Å²) in [6.07, 6.45) is 0.667. The summed E-state index contributed by atoms with van der Waals surface area (Å²) in [6.45, 7) is 4.62. The molecule has 0 atom stereocenters. The van der Waals surface area contributed by atoms with Gasteiger partial charge in [-0.2, -0.15) is 0 Å². The van der Waals surface area contributed by atoms with Gasteiger partial charge in [0.2, 0.25) is 0 Å². The number of para-hydroxylation sites is 2. The summed E-state index contributed by atoms with van der Waals surface area (Å²) in [5.74, 6) is 0.878. The zero-order valence-corrected chi connectivity index (χ0v) is 16.3. The first-order valence-electron chi connectivity index (χ1n) is 8.74. The molecule has 3 aromatic rings. The zero-order valence-electron chi connectivity index (χ0n) is 14.7. The molecular weight excluding hydrogens is 394 g/mol. The van der Waals surface area contributed by atoms with Gasteiger partial charge < -0.3 is 14.6 Å². The van der Waals surface area contributed by atoms with Crippen LogP contribution in [0.5, 0.6) is 0 Å². The SMILES string of the molecule is CCOCCn1c(CCNC(=O)c2cccc(Br)c2)nc2ccccc21. The monoisotopic (exact) mass is 415 g/mol. The van der Waals surface area contributed by atoms with E-state index in [1.165, 1.54) is 0 Å². The van der Waals surface area contributed by atoms with E-state index in [9.17, 15) is 4.79 Å². The quantitative estimate of drug-likeness (QED) is 0.569. The predicted molar refractivity (Wildman–Crippen MR) is 106 cm³/mol. The van der Waals surface area contributed by atoms with Crippen LogP contribution < -0.4 is 5.32 Å². The lowest BCUT2D eigenvalue weighted by Crippen LogP contribution is -2.26. The smallest absolute Gasteiger partial charge is 0.251 e. The molecule has 0 spiro atoms. The molecular formula is C20H22BrN3O2. The van der Waals surface area contributed by atoms with Crippen molar-refractivity contribution in [3.8, 4) is 0 Å². The normalized spacial score (nSPS) is 11.0. The molecule has 0 saturated carbocycles. The molecule has 5 nitrogen and oxygen atoms in total. The minimum absolute atomic E-state index is 0.0803. The number of fused-ring (bicyclic) bond motifs is 1. The molecule has 3 rings (SSSR count). The summed E-state index contributed by atoms with van der Waals surface area (Å²) in [6, 6.07) is 15.4. The van der Waals surface area contributed by atoms with Gasteiger partial charge >= 0.3 is 0 Å². The van der Waals surface area contributed by atoms with E-state index in [-0.39, 0.29) is 5.91 Å². The number of nitrogens with zero attached hydrogens (tertiary/aromatic N) is 2. The summed E-state index contributed by atoms with van der Waals surface area (Å²) in [7, 11) is 0. The first-order valence-corrected chi connectivity index (χ1v) is 9.54. The highest BCUT2D eigenvalue weighted by atomic mass is 79.9. The van der Waals surface area contributed by atoms with Gasteiger partial charge in [-0.1, -0.05) is 34.1 Å². The van der Waals surface area contributed by atoms with E-state index in [2.05, 4.69) is 31.9 Å². The Morgan fingerprint density at radius 2 is 2.08 bits per heavy atom. The van der Waals surface area contributed by atoms with Crippen LogP contribution in [0.2, 0.25) is 0 Å². The number of aromatic nitrogens is 2. The van der Waals surface area contributed by atoms with E-state index in [4.69, 9.17) is 9.72 Å². The fourth-order valence-electron chi connectivity index (χ4n) is 2.89. The minimum atomic E-state index is -0.0803. The van der Waals surface area contributed by atoms with Crippen molar-refractivity contribution in [1.29, 1.82) is 0 Å². The van der Waals surface area contributed by atoms with Crippen molar-refractivity contribution in [2.24, 2.45) is 0 Å². The molecule has 1 amide bonds. The van der Waals surface area contributed by atoms with Crippen LogP contribution in [0.25, 0.3) is 11.0 Å². The number of rotatable bonds is 8. The third-order valence-electron chi connectivity index (χ3n) is 4.12. The molecule has 0 bridgehead atoms. The zero-order chi connectivity index (χ0) is 18.4. The second-order valence-corrected chi connectivity index (χ2v) is 6.80. The van der Waals surface area contributed by atoms with Crippen molar-refractivity contribution in [2.45, 2.75) is 19.9 Å². The van der Waals surface area contributed by atoms with Gasteiger partial charge in [-0.05, 0) is 37.3 Å². The van der Waals surface area contributed by atoms with Crippen LogP contribution in [0, 0.1) is 0 Å². The molecule has 2 aromatic carbocycles. The summed E-state index contributed by atoms with van der Waals surface area (Å²) in [4.78, 5) is 17.0. The Hall–Kier alpha value is -2.18. The Kier molecular flexibility index (Phi) is 6.41. The van der Waals surface area contributed by atoms with E-state index < -0.39 is 0 Å². The number of ether oxygens (including phenoxy) is 1. The lowest BCUT2D eigenvalue weighted by molar-refractivity contribution is 0.0953. The number of hydrogen-bond acceptors (Lipinski definition) is 3. The number of carbonyl (C=O) groups is 1. The molecule has 0 radical (unpaired) electrons. The summed E-state index contributed by atoms with van der Waals surface area (Å²) in [5.41, 5.74) is 2.71. The second-order valence-electron chi connectivity index (χ2n) is 5.88. The molecule has 0 aliphatic carbocycles. The highest BCUT2D eigenvalue weighted by molar-refractivity contribution is 9.10. The predicted octanol–water partition coefficient (Wildman–Crippen LogP) is 3.81. The minimum Gasteiger partial charge on any atom is -0.380 e. The van der Waals surface area contributed by atoms with Crippen molar-refractivity contribution >= 4 is 32.9 Å². The Morgan fingerprint density at radius 1 is 1.23 bits per heavy atom. The first-order chi connectivity index (χ1) is 12.7. The number of carbonyl (C=O) groups excluding carboxylic acids is 1. The van der Waals surface area contributed by atoms with E-state index in [1.54, 1.807) is 6.07 Å². The lowest BCUT2D eigenvalue weighted by atomic mass is 10.2. The van der Waals surface area contributed by atoms with Crippen LogP contribution >= 0.6 is 15.9 Å². The third kappa shape index (κ3) is 4.51. The fraction of sp³-hybridized carbons (Fsp3) is 0.300. The maximum Gasteiger partial charge on any atom is 0.251 e. The number of imidazole rings is 1. The highest BCUT2D eigenvalue weighted by Gasteiger charge is 2.11. The van der Waals surface area contributed by atoms with Gasteiger partial charge in [0.05, 0.1) is 17.6 Å².